The number of rotatable bonds is 5. The van der Waals surface area contributed by atoms with Crippen molar-refractivity contribution in [2.75, 3.05) is 44.2 Å². The molecule has 2 fully saturated rings. The molecule has 160 valence electrons. The Balaban J connectivity index is 1.48. The van der Waals surface area contributed by atoms with E-state index in [0.717, 1.165) is 43.3 Å². The lowest BCUT2D eigenvalue weighted by atomic mass is 10.0. The SMILES string of the molecule is Cc1nc(CN2CCN(C(=O)c3cc([N+](=O)[O-])ccc3N3CCCCC3)CC2)n[nH]1. The second kappa shape index (κ2) is 8.78. The molecule has 1 N–H and O–H groups in total. The summed E-state index contributed by atoms with van der Waals surface area (Å²) in [4.78, 5) is 34.7. The van der Waals surface area contributed by atoms with Crippen molar-refractivity contribution in [2.45, 2.75) is 32.7 Å². The second-order valence-electron chi connectivity index (χ2n) is 7.91. The highest BCUT2D eigenvalue weighted by molar-refractivity contribution is 6.00. The van der Waals surface area contributed by atoms with Crippen LogP contribution in [0, 0.1) is 17.0 Å². The number of H-pyrrole nitrogens is 1. The van der Waals surface area contributed by atoms with Gasteiger partial charge in [0.05, 0.1) is 22.7 Å². The van der Waals surface area contributed by atoms with E-state index in [1.807, 2.05) is 6.92 Å². The van der Waals surface area contributed by atoms with E-state index in [1.165, 1.54) is 18.6 Å². The molecule has 1 amide bonds. The summed E-state index contributed by atoms with van der Waals surface area (Å²) in [6.45, 7) is 6.84. The number of nitro benzene ring substituents is 1. The Labute approximate surface area is 175 Å². The molecule has 4 rings (SSSR count). The molecule has 2 aliphatic heterocycles. The molecule has 0 bridgehead atoms. The van der Waals surface area contributed by atoms with Crippen molar-refractivity contribution < 1.29 is 9.72 Å². The highest BCUT2D eigenvalue weighted by Gasteiger charge is 2.28. The number of anilines is 1. The standard InChI is InChI=1S/C20H27N7O3/c1-15-21-19(23-22-15)14-24-9-11-26(12-10-24)20(28)17-13-16(27(29)30)5-6-18(17)25-7-3-2-4-8-25/h5-6,13H,2-4,7-12,14H2,1H3,(H,21,22,23). The van der Waals surface area contributed by atoms with Crippen molar-refractivity contribution in [1.29, 1.82) is 0 Å². The minimum absolute atomic E-state index is 0.0438. The van der Waals surface area contributed by atoms with E-state index in [1.54, 1.807) is 11.0 Å². The van der Waals surface area contributed by atoms with Gasteiger partial charge < -0.3 is 9.80 Å². The maximum atomic E-state index is 13.3. The number of carbonyl (C=O) groups is 1. The van der Waals surface area contributed by atoms with Gasteiger partial charge in [-0.05, 0) is 32.3 Å². The summed E-state index contributed by atoms with van der Waals surface area (Å²) < 4.78 is 0. The van der Waals surface area contributed by atoms with Gasteiger partial charge in [0.1, 0.15) is 5.82 Å². The molecule has 0 aliphatic carbocycles. The van der Waals surface area contributed by atoms with Gasteiger partial charge >= 0.3 is 0 Å². The Morgan fingerprint density at radius 2 is 1.87 bits per heavy atom. The Bertz CT molecular complexity index is 915. The summed E-state index contributed by atoms with van der Waals surface area (Å²) >= 11 is 0. The van der Waals surface area contributed by atoms with Gasteiger partial charge in [-0.3, -0.25) is 24.9 Å². The Morgan fingerprint density at radius 1 is 1.13 bits per heavy atom. The van der Waals surface area contributed by atoms with Crippen LogP contribution >= 0.6 is 0 Å². The minimum atomic E-state index is -0.437. The van der Waals surface area contributed by atoms with E-state index in [4.69, 9.17) is 0 Å². The van der Waals surface area contributed by atoms with Gasteiger partial charge in [-0.2, -0.15) is 5.10 Å². The molecule has 0 spiro atoms. The molecule has 1 aromatic carbocycles. The molecule has 10 nitrogen and oxygen atoms in total. The molecule has 30 heavy (non-hydrogen) atoms. The number of aromatic amines is 1. The van der Waals surface area contributed by atoms with E-state index in [-0.39, 0.29) is 11.6 Å². The number of nitrogens with one attached hydrogen (secondary N) is 1. The number of amides is 1. The molecule has 2 aromatic rings. The Hall–Kier alpha value is -3.01. The van der Waals surface area contributed by atoms with Crippen LogP contribution in [0.4, 0.5) is 11.4 Å². The average molecular weight is 413 g/mol. The summed E-state index contributed by atoms with van der Waals surface area (Å²) in [5, 5.41) is 18.3. The molecule has 2 aliphatic rings. The average Bonchev–Trinajstić information content (AvgIpc) is 3.18. The van der Waals surface area contributed by atoms with Gasteiger partial charge in [0.2, 0.25) is 0 Å². The number of nitrogens with zero attached hydrogens (tertiary/aromatic N) is 6. The third-order valence-electron chi connectivity index (χ3n) is 5.79. The van der Waals surface area contributed by atoms with Crippen molar-refractivity contribution >= 4 is 17.3 Å². The lowest BCUT2D eigenvalue weighted by Gasteiger charge is -2.35. The highest BCUT2D eigenvalue weighted by Crippen LogP contribution is 2.29. The number of hydrogen-bond donors (Lipinski definition) is 1. The number of piperidine rings is 1. The number of aryl methyl sites for hydroxylation is 1. The van der Waals surface area contributed by atoms with Gasteiger partial charge in [-0.25, -0.2) is 4.98 Å². The van der Waals surface area contributed by atoms with Gasteiger partial charge in [0, 0.05) is 51.4 Å². The quantitative estimate of drug-likeness (QED) is 0.589. The molecule has 0 unspecified atom stereocenters. The van der Waals surface area contributed by atoms with Crippen molar-refractivity contribution in [3.63, 3.8) is 0 Å². The Kier molecular flexibility index (Phi) is 5.93. The van der Waals surface area contributed by atoms with Gasteiger partial charge in [0.15, 0.2) is 5.82 Å². The predicted octanol–water partition coefficient (Wildman–Crippen LogP) is 1.97. The summed E-state index contributed by atoms with van der Waals surface area (Å²) in [5.41, 5.74) is 1.20. The zero-order chi connectivity index (χ0) is 21.1. The first-order valence-corrected chi connectivity index (χ1v) is 10.4. The monoisotopic (exact) mass is 413 g/mol. The van der Waals surface area contributed by atoms with E-state index >= 15 is 0 Å². The first kappa shape index (κ1) is 20.3. The molecule has 0 radical (unpaired) electrons. The number of aromatic nitrogens is 3. The molecular weight excluding hydrogens is 386 g/mol. The lowest BCUT2D eigenvalue weighted by molar-refractivity contribution is -0.384. The van der Waals surface area contributed by atoms with Crippen LogP contribution in [0.5, 0.6) is 0 Å². The van der Waals surface area contributed by atoms with Crippen LogP contribution in [0.1, 0.15) is 41.3 Å². The summed E-state index contributed by atoms with van der Waals surface area (Å²) in [7, 11) is 0. The Morgan fingerprint density at radius 3 is 2.50 bits per heavy atom. The second-order valence-corrected chi connectivity index (χ2v) is 7.91. The maximum Gasteiger partial charge on any atom is 0.270 e. The lowest BCUT2D eigenvalue weighted by Crippen LogP contribution is -2.48. The van der Waals surface area contributed by atoms with Crippen molar-refractivity contribution in [3.8, 4) is 0 Å². The smallest absolute Gasteiger partial charge is 0.270 e. The zero-order valence-corrected chi connectivity index (χ0v) is 17.2. The molecule has 2 saturated heterocycles. The zero-order valence-electron chi connectivity index (χ0n) is 17.2. The van der Waals surface area contributed by atoms with Crippen LogP contribution in [0.25, 0.3) is 0 Å². The van der Waals surface area contributed by atoms with Crippen molar-refractivity contribution in [3.05, 3.63) is 45.5 Å². The van der Waals surface area contributed by atoms with Crippen LogP contribution < -0.4 is 4.90 Å². The summed E-state index contributed by atoms with van der Waals surface area (Å²) in [6.07, 6.45) is 3.33. The summed E-state index contributed by atoms with van der Waals surface area (Å²) in [6, 6.07) is 4.67. The topological polar surface area (TPSA) is 112 Å². The van der Waals surface area contributed by atoms with Crippen LogP contribution in [-0.4, -0.2) is 75.1 Å². The van der Waals surface area contributed by atoms with Crippen molar-refractivity contribution in [1.82, 2.24) is 25.0 Å². The number of hydrogen-bond acceptors (Lipinski definition) is 7. The highest BCUT2D eigenvalue weighted by atomic mass is 16.6. The first-order valence-electron chi connectivity index (χ1n) is 10.4. The fraction of sp³-hybridized carbons (Fsp3) is 0.550. The number of benzene rings is 1. The number of nitro groups is 1. The molecule has 0 atom stereocenters. The number of carbonyl (C=O) groups excluding carboxylic acids is 1. The minimum Gasteiger partial charge on any atom is -0.371 e. The number of piperazine rings is 1. The van der Waals surface area contributed by atoms with Gasteiger partial charge in [0.25, 0.3) is 11.6 Å². The molecule has 1 aromatic heterocycles. The van der Waals surface area contributed by atoms with Crippen molar-refractivity contribution in [2.24, 2.45) is 0 Å². The molecule has 0 saturated carbocycles. The van der Waals surface area contributed by atoms with Gasteiger partial charge in [-0.15, -0.1) is 0 Å². The van der Waals surface area contributed by atoms with E-state index in [9.17, 15) is 14.9 Å². The van der Waals surface area contributed by atoms with E-state index < -0.39 is 4.92 Å². The van der Waals surface area contributed by atoms with E-state index in [0.29, 0.717) is 38.3 Å². The number of non-ortho nitro benzene ring substituents is 1. The first-order chi connectivity index (χ1) is 14.5. The van der Waals surface area contributed by atoms with Crippen LogP contribution in [0.2, 0.25) is 0 Å². The van der Waals surface area contributed by atoms with E-state index in [2.05, 4.69) is 25.0 Å². The van der Waals surface area contributed by atoms with Crippen LogP contribution in [0.15, 0.2) is 18.2 Å². The van der Waals surface area contributed by atoms with Crippen LogP contribution in [0.3, 0.4) is 0 Å². The normalized spacial score (nSPS) is 17.9. The molecular formula is C20H27N7O3. The largest absolute Gasteiger partial charge is 0.371 e. The summed E-state index contributed by atoms with van der Waals surface area (Å²) in [5.74, 6) is 1.40. The fourth-order valence-corrected chi connectivity index (χ4v) is 4.16. The van der Waals surface area contributed by atoms with Gasteiger partial charge in [-0.1, -0.05) is 0 Å². The molecule has 3 heterocycles. The van der Waals surface area contributed by atoms with Crippen LogP contribution in [-0.2, 0) is 6.54 Å². The predicted molar refractivity (Wildman–Crippen MR) is 111 cm³/mol. The third-order valence-corrected chi connectivity index (χ3v) is 5.79. The fourth-order valence-electron chi connectivity index (χ4n) is 4.16. The third kappa shape index (κ3) is 4.43. The maximum absolute atomic E-state index is 13.3. The molecule has 10 heteroatoms.